The maximum atomic E-state index is 13.1. The van der Waals surface area contributed by atoms with Crippen LogP contribution in [0.2, 0.25) is 5.02 Å². The normalized spacial score (nSPS) is 14.7. The molecule has 29 heavy (non-hydrogen) atoms. The van der Waals surface area contributed by atoms with E-state index in [4.69, 9.17) is 11.6 Å². The van der Waals surface area contributed by atoms with Gasteiger partial charge in [0.15, 0.2) is 5.96 Å². The monoisotopic (exact) mass is 417 g/mol. The van der Waals surface area contributed by atoms with E-state index in [1.807, 2.05) is 0 Å². The maximum absolute atomic E-state index is 13.1. The van der Waals surface area contributed by atoms with Crippen molar-refractivity contribution in [3.63, 3.8) is 0 Å². The molecule has 6 nitrogen and oxygen atoms in total. The van der Waals surface area contributed by atoms with Crippen molar-refractivity contribution in [1.82, 2.24) is 15.5 Å². The SMILES string of the molecule is CN=C(NCCNC(=O)c1ccccc1Cl)N1CCN(c2ccc(F)cc2)CC1. The predicted molar refractivity (Wildman–Crippen MR) is 115 cm³/mol. The Morgan fingerprint density at radius 1 is 1.03 bits per heavy atom. The van der Waals surface area contributed by atoms with Gasteiger partial charge in [0.2, 0.25) is 0 Å². The van der Waals surface area contributed by atoms with Crippen LogP contribution in [-0.4, -0.2) is 63.1 Å². The first-order valence-electron chi connectivity index (χ1n) is 9.57. The third-order valence-electron chi connectivity index (χ3n) is 4.79. The summed E-state index contributed by atoms with van der Waals surface area (Å²) in [4.78, 5) is 20.9. The lowest BCUT2D eigenvalue weighted by Gasteiger charge is -2.37. The fraction of sp³-hybridized carbons (Fsp3) is 0.333. The predicted octanol–water partition coefficient (Wildman–Crippen LogP) is 2.61. The molecule has 3 rings (SSSR count). The van der Waals surface area contributed by atoms with E-state index in [1.54, 1.807) is 43.4 Å². The van der Waals surface area contributed by atoms with Crippen molar-refractivity contribution < 1.29 is 9.18 Å². The van der Waals surface area contributed by atoms with Crippen molar-refractivity contribution in [3.05, 3.63) is 64.9 Å². The Morgan fingerprint density at radius 3 is 2.34 bits per heavy atom. The van der Waals surface area contributed by atoms with Crippen molar-refractivity contribution in [2.75, 3.05) is 51.2 Å². The van der Waals surface area contributed by atoms with Crippen molar-refractivity contribution in [3.8, 4) is 0 Å². The lowest BCUT2D eigenvalue weighted by atomic mass is 10.2. The van der Waals surface area contributed by atoms with Gasteiger partial charge in [0.1, 0.15) is 5.82 Å². The van der Waals surface area contributed by atoms with Crippen molar-refractivity contribution in [1.29, 1.82) is 0 Å². The van der Waals surface area contributed by atoms with Gasteiger partial charge in [0, 0.05) is 52.0 Å². The van der Waals surface area contributed by atoms with Crippen molar-refractivity contribution in [2.24, 2.45) is 4.99 Å². The zero-order valence-corrected chi connectivity index (χ0v) is 17.1. The molecule has 154 valence electrons. The number of hydrogen-bond acceptors (Lipinski definition) is 3. The number of aliphatic imine (C=N–C) groups is 1. The van der Waals surface area contributed by atoms with Crippen molar-refractivity contribution >= 4 is 29.2 Å². The molecule has 1 fully saturated rings. The van der Waals surface area contributed by atoms with Crippen LogP contribution in [0.4, 0.5) is 10.1 Å². The number of carbonyl (C=O) groups is 1. The summed E-state index contributed by atoms with van der Waals surface area (Å²) in [6.07, 6.45) is 0. The lowest BCUT2D eigenvalue weighted by Crippen LogP contribution is -2.53. The van der Waals surface area contributed by atoms with Gasteiger partial charge in [-0.2, -0.15) is 0 Å². The highest BCUT2D eigenvalue weighted by Gasteiger charge is 2.19. The second-order valence-corrected chi connectivity index (χ2v) is 7.07. The number of anilines is 1. The van der Waals surface area contributed by atoms with E-state index in [0.717, 1.165) is 37.8 Å². The standard InChI is InChI=1S/C21H25ClFN5O/c1-24-21(26-11-10-25-20(29)18-4-2-3-5-19(18)22)28-14-12-27(13-15-28)17-8-6-16(23)7-9-17/h2-9H,10-15H2,1H3,(H,24,26)(H,25,29). The number of guanidine groups is 1. The smallest absolute Gasteiger partial charge is 0.252 e. The van der Waals surface area contributed by atoms with Gasteiger partial charge < -0.3 is 20.4 Å². The molecule has 0 unspecified atom stereocenters. The second-order valence-electron chi connectivity index (χ2n) is 6.66. The third kappa shape index (κ3) is 5.60. The minimum atomic E-state index is -0.224. The van der Waals surface area contributed by atoms with Crippen LogP contribution in [0, 0.1) is 5.82 Å². The summed E-state index contributed by atoms with van der Waals surface area (Å²) in [6, 6.07) is 13.6. The number of carbonyl (C=O) groups excluding carboxylic acids is 1. The number of amides is 1. The number of rotatable bonds is 5. The summed E-state index contributed by atoms with van der Waals surface area (Å²) < 4.78 is 13.1. The number of halogens is 2. The molecule has 2 N–H and O–H groups in total. The zero-order valence-electron chi connectivity index (χ0n) is 16.4. The molecule has 2 aromatic carbocycles. The van der Waals surface area contributed by atoms with Gasteiger partial charge in [-0.3, -0.25) is 9.79 Å². The van der Waals surface area contributed by atoms with Gasteiger partial charge in [-0.1, -0.05) is 23.7 Å². The Hall–Kier alpha value is -2.80. The van der Waals surface area contributed by atoms with Crippen LogP contribution in [0.25, 0.3) is 0 Å². The molecule has 0 aromatic heterocycles. The molecule has 0 spiro atoms. The molecule has 0 aliphatic carbocycles. The van der Waals surface area contributed by atoms with E-state index < -0.39 is 0 Å². The molecule has 0 atom stereocenters. The molecule has 1 heterocycles. The van der Waals surface area contributed by atoms with Crippen LogP contribution in [0.15, 0.2) is 53.5 Å². The molecular formula is C21H25ClFN5O. The first-order valence-corrected chi connectivity index (χ1v) is 9.95. The number of piperazine rings is 1. The van der Waals surface area contributed by atoms with E-state index in [9.17, 15) is 9.18 Å². The van der Waals surface area contributed by atoms with Gasteiger partial charge >= 0.3 is 0 Å². The molecule has 1 aliphatic heterocycles. The molecule has 1 amide bonds. The fourth-order valence-electron chi connectivity index (χ4n) is 3.25. The Labute approximate surface area is 175 Å². The van der Waals surface area contributed by atoms with E-state index in [0.29, 0.717) is 23.7 Å². The number of hydrogen-bond donors (Lipinski definition) is 2. The molecule has 1 saturated heterocycles. The Balaban J connectivity index is 1.42. The summed E-state index contributed by atoms with van der Waals surface area (Å²) in [5.74, 6) is 0.384. The summed E-state index contributed by atoms with van der Waals surface area (Å²) in [5, 5.41) is 6.58. The molecule has 2 aromatic rings. The minimum Gasteiger partial charge on any atom is -0.368 e. The highest BCUT2D eigenvalue weighted by molar-refractivity contribution is 6.33. The summed E-state index contributed by atoms with van der Waals surface area (Å²) in [6.45, 7) is 4.29. The van der Waals surface area contributed by atoms with E-state index in [2.05, 4.69) is 25.4 Å². The van der Waals surface area contributed by atoms with Crippen LogP contribution in [-0.2, 0) is 0 Å². The highest BCUT2D eigenvalue weighted by Crippen LogP contribution is 2.17. The largest absolute Gasteiger partial charge is 0.368 e. The molecule has 0 saturated carbocycles. The molecule has 0 radical (unpaired) electrons. The van der Waals surface area contributed by atoms with Crippen LogP contribution >= 0.6 is 11.6 Å². The molecule has 1 aliphatic rings. The Bertz CT molecular complexity index is 850. The topological polar surface area (TPSA) is 60.0 Å². The van der Waals surface area contributed by atoms with E-state index >= 15 is 0 Å². The van der Waals surface area contributed by atoms with Crippen molar-refractivity contribution in [2.45, 2.75) is 0 Å². The summed E-state index contributed by atoms with van der Waals surface area (Å²) in [7, 11) is 1.75. The number of nitrogens with one attached hydrogen (secondary N) is 2. The van der Waals surface area contributed by atoms with Gasteiger partial charge in [-0.25, -0.2) is 4.39 Å². The molecule has 0 bridgehead atoms. The van der Waals surface area contributed by atoms with Crippen LogP contribution in [0.1, 0.15) is 10.4 Å². The summed E-state index contributed by atoms with van der Waals surface area (Å²) in [5.41, 5.74) is 1.49. The quantitative estimate of drug-likeness (QED) is 0.446. The number of nitrogens with zero attached hydrogens (tertiary/aromatic N) is 3. The fourth-order valence-corrected chi connectivity index (χ4v) is 3.47. The third-order valence-corrected chi connectivity index (χ3v) is 5.12. The molecule has 8 heteroatoms. The van der Waals surface area contributed by atoms with Gasteiger partial charge in [-0.05, 0) is 36.4 Å². The Morgan fingerprint density at radius 2 is 1.69 bits per heavy atom. The second kappa shape index (κ2) is 10.1. The average Bonchev–Trinajstić information content (AvgIpc) is 2.75. The van der Waals surface area contributed by atoms with Crippen LogP contribution < -0.4 is 15.5 Å². The zero-order chi connectivity index (χ0) is 20.6. The maximum Gasteiger partial charge on any atom is 0.252 e. The first kappa shape index (κ1) is 20.9. The first-order chi connectivity index (χ1) is 14.1. The number of benzene rings is 2. The Kier molecular flexibility index (Phi) is 7.30. The van der Waals surface area contributed by atoms with Gasteiger partial charge in [0.25, 0.3) is 5.91 Å². The average molecular weight is 418 g/mol. The van der Waals surface area contributed by atoms with Crippen LogP contribution in [0.5, 0.6) is 0 Å². The molecular weight excluding hydrogens is 393 g/mol. The van der Waals surface area contributed by atoms with Crippen LogP contribution in [0.3, 0.4) is 0 Å². The lowest BCUT2D eigenvalue weighted by molar-refractivity contribution is 0.0954. The van der Waals surface area contributed by atoms with E-state index in [-0.39, 0.29) is 11.7 Å². The van der Waals surface area contributed by atoms with Gasteiger partial charge in [-0.15, -0.1) is 0 Å². The van der Waals surface area contributed by atoms with Gasteiger partial charge in [0.05, 0.1) is 10.6 Å². The van der Waals surface area contributed by atoms with E-state index in [1.165, 1.54) is 12.1 Å². The highest BCUT2D eigenvalue weighted by atomic mass is 35.5. The minimum absolute atomic E-state index is 0.194. The summed E-state index contributed by atoms with van der Waals surface area (Å²) >= 11 is 6.05.